The molecule has 0 saturated carbocycles. The van der Waals surface area contributed by atoms with Crippen LogP contribution in [0.15, 0.2) is 66.7 Å². The van der Waals surface area contributed by atoms with Gasteiger partial charge in [-0.15, -0.1) is 0 Å². The normalized spacial score (nSPS) is 12.3. The number of anilines is 2. The molecule has 2 N–H and O–H groups in total. The second kappa shape index (κ2) is 8.39. The molecule has 0 aliphatic carbocycles. The summed E-state index contributed by atoms with van der Waals surface area (Å²) in [6, 6.07) is 15.5. The average Bonchev–Trinajstić information content (AvgIpc) is 3.04. The summed E-state index contributed by atoms with van der Waals surface area (Å²) < 4.78 is 5.24. The smallest absolute Gasteiger partial charge is 0.343 e. The molecule has 3 amide bonds. The minimum atomic E-state index is -1.11. The van der Waals surface area contributed by atoms with E-state index in [0.29, 0.717) is 11.4 Å². The number of hydrogen-bond donors (Lipinski definition) is 2. The van der Waals surface area contributed by atoms with Crippen molar-refractivity contribution in [3.8, 4) is 5.75 Å². The third-order valence-electron chi connectivity index (χ3n) is 4.88. The summed E-state index contributed by atoms with van der Waals surface area (Å²) in [5.41, 5.74) is 1.14. The Hall–Kier alpha value is -4.79. The van der Waals surface area contributed by atoms with Gasteiger partial charge in [-0.3, -0.25) is 14.4 Å². The number of carbonyl (C=O) groups excluding carboxylic acids is 4. The lowest BCUT2D eigenvalue weighted by atomic mass is 10.1. The molecule has 0 atom stereocenters. The molecule has 3 aromatic rings. The van der Waals surface area contributed by atoms with Crippen molar-refractivity contribution in [1.29, 1.82) is 0 Å². The molecule has 0 aromatic heterocycles. The molecule has 9 heteroatoms. The Bertz CT molecular complexity index is 1310. The lowest BCUT2D eigenvalue weighted by Crippen LogP contribution is -2.29. The second-order valence-corrected chi connectivity index (χ2v) is 7.15. The fourth-order valence-corrected chi connectivity index (χ4v) is 3.33. The van der Waals surface area contributed by atoms with Gasteiger partial charge in [0.25, 0.3) is 11.8 Å². The van der Waals surface area contributed by atoms with Crippen molar-refractivity contribution >= 4 is 41.0 Å². The van der Waals surface area contributed by atoms with Crippen molar-refractivity contribution in [2.24, 2.45) is 0 Å². The minimum absolute atomic E-state index is 0.0432. The van der Waals surface area contributed by atoms with Crippen LogP contribution < -0.4 is 15.0 Å². The van der Waals surface area contributed by atoms with Crippen LogP contribution in [-0.2, 0) is 4.79 Å². The fraction of sp³-hybridized carbons (Fsp3) is 0.0417. The summed E-state index contributed by atoms with van der Waals surface area (Å²) in [6.07, 6.45) is 0. The van der Waals surface area contributed by atoms with Crippen molar-refractivity contribution in [3.63, 3.8) is 0 Å². The number of ether oxygens (including phenoxy) is 1. The predicted octanol–water partition coefficient (Wildman–Crippen LogP) is 3.36. The molecule has 33 heavy (non-hydrogen) atoms. The summed E-state index contributed by atoms with van der Waals surface area (Å²) in [5.74, 6) is -3.12. The van der Waals surface area contributed by atoms with Gasteiger partial charge in [-0.1, -0.05) is 0 Å². The number of carboxylic acids is 1. The molecule has 0 radical (unpaired) electrons. The molecule has 3 aromatic carbocycles. The second-order valence-electron chi connectivity index (χ2n) is 7.15. The number of benzene rings is 3. The number of amides is 3. The Morgan fingerprint density at radius 3 is 2.03 bits per heavy atom. The van der Waals surface area contributed by atoms with Gasteiger partial charge in [-0.05, 0) is 66.7 Å². The Labute approximate surface area is 187 Å². The largest absolute Gasteiger partial charge is 0.478 e. The number of carbonyl (C=O) groups is 5. The van der Waals surface area contributed by atoms with Crippen LogP contribution in [-0.4, -0.2) is 34.8 Å². The van der Waals surface area contributed by atoms with E-state index < -0.39 is 23.8 Å². The van der Waals surface area contributed by atoms with Crippen LogP contribution in [0.3, 0.4) is 0 Å². The van der Waals surface area contributed by atoms with Crippen molar-refractivity contribution in [2.75, 3.05) is 10.2 Å². The SMILES string of the molecule is CC(=O)Nc1ccc(N2C(=O)c3ccc(C(=O)Oc4ccc(C(=O)O)cc4)cc3C2=O)cc1. The maximum atomic E-state index is 12.9. The Morgan fingerprint density at radius 2 is 1.42 bits per heavy atom. The fourth-order valence-electron chi connectivity index (χ4n) is 3.33. The van der Waals surface area contributed by atoms with Gasteiger partial charge < -0.3 is 15.2 Å². The third-order valence-corrected chi connectivity index (χ3v) is 4.88. The van der Waals surface area contributed by atoms with Crippen LogP contribution in [0, 0.1) is 0 Å². The predicted molar refractivity (Wildman–Crippen MR) is 117 cm³/mol. The molecular formula is C24H16N2O7. The molecular weight excluding hydrogens is 428 g/mol. The number of imide groups is 1. The summed E-state index contributed by atoms with van der Waals surface area (Å²) in [4.78, 5) is 61.3. The number of hydrogen-bond acceptors (Lipinski definition) is 6. The molecule has 0 bridgehead atoms. The van der Waals surface area contributed by atoms with E-state index in [1.807, 2.05) is 0 Å². The van der Waals surface area contributed by atoms with E-state index in [9.17, 15) is 24.0 Å². The first-order valence-electron chi connectivity index (χ1n) is 9.70. The van der Waals surface area contributed by atoms with Crippen LogP contribution >= 0.6 is 0 Å². The monoisotopic (exact) mass is 444 g/mol. The van der Waals surface area contributed by atoms with Crippen LogP contribution in [0.1, 0.15) is 48.4 Å². The quantitative estimate of drug-likeness (QED) is 0.351. The summed E-state index contributed by atoms with van der Waals surface area (Å²) in [6.45, 7) is 1.37. The highest BCUT2D eigenvalue weighted by Crippen LogP contribution is 2.30. The molecule has 0 spiro atoms. The van der Waals surface area contributed by atoms with Crippen molar-refractivity contribution < 1.29 is 33.8 Å². The van der Waals surface area contributed by atoms with Crippen LogP contribution in [0.2, 0.25) is 0 Å². The number of carboxylic acid groups (broad SMARTS) is 1. The zero-order valence-corrected chi connectivity index (χ0v) is 17.2. The highest BCUT2D eigenvalue weighted by molar-refractivity contribution is 6.34. The number of esters is 1. The lowest BCUT2D eigenvalue weighted by molar-refractivity contribution is -0.114. The molecule has 1 heterocycles. The van der Waals surface area contributed by atoms with E-state index in [1.165, 1.54) is 61.5 Å². The zero-order chi connectivity index (χ0) is 23.7. The Morgan fingerprint density at radius 1 is 0.818 bits per heavy atom. The van der Waals surface area contributed by atoms with Crippen LogP contribution in [0.25, 0.3) is 0 Å². The minimum Gasteiger partial charge on any atom is -0.478 e. The van der Waals surface area contributed by atoms with Gasteiger partial charge >= 0.3 is 11.9 Å². The molecule has 1 aliphatic heterocycles. The highest BCUT2D eigenvalue weighted by Gasteiger charge is 2.37. The van der Waals surface area contributed by atoms with Gasteiger partial charge in [0.2, 0.25) is 5.91 Å². The first-order chi connectivity index (χ1) is 15.7. The van der Waals surface area contributed by atoms with Crippen molar-refractivity contribution in [1.82, 2.24) is 0 Å². The highest BCUT2D eigenvalue weighted by atomic mass is 16.5. The van der Waals surface area contributed by atoms with Gasteiger partial charge in [0.05, 0.1) is 27.9 Å². The van der Waals surface area contributed by atoms with Gasteiger partial charge in [-0.25, -0.2) is 14.5 Å². The Balaban J connectivity index is 1.55. The standard InChI is InChI=1S/C24H16N2O7/c1-13(27)25-16-5-7-17(8-6-16)26-21(28)19-11-4-15(12-20(19)22(26)29)24(32)33-18-9-2-14(3-10-18)23(30)31/h2-12H,1H3,(H,25,27)(H,30,31). The molecule has 0 unspecified atom stereocenters. The van der Waals surface area contributed by atoms with E-state index >= 15 is 0 Å². The van der Waals surface area contributed by atoms with E-state index in [4.69, 9.17) is 9.84 Å². The van der Waals surface area contributed by atoms with Crippen LogP contribution in [0.5, 0.6) is 5.75 Å². The Kier molecular flexibility index (Phi) is 5.45. The number of aromatic carboxylic acids is 1. The van der Waals surface area contributed by atoms with E-state index in [1.54, 1.807) is 12.1 Å². The maximum Gasteiger partial charge on any atom is 0.343 e. The first kappa shape index (κ1) is 21.4. The molecule has 164 valence electrons. The third kappa shape index (κ3) is 4.19. The first-order valence-corrected chi connectivity index (χ1v) is 9.70. The topological polar surface area (TPSA) is 130 Å². The molecule has 9 nitrogen and oxygen atoms in total. The van der Waals surface area contributed by atoms with Gasteiger partial charge in [0, 0.05) is 12.6 Å². The average molecular weight is 444 g/mol. The number of fused-ring (bicyclic) bond motifs is 1. The number of nitrogens with zero attached hydrogens (tertiary/aromatic N) is 1. The summed E-state index contributed by atoms with van der Waals surface area (Å²) in [7, 11) is 0. The van der Waals surface area contributed by atoms with Gasteiger partial charge in [0.15, 0.2) is 0 Å². The number of rotatable bonds is 5. The van der Waals surface area contributed by atoms with Crippen LogP contribution in [0.4, 0.5) is 11.4 Å². The maximum absolute atomic E-state index is 12.9. The molecule has 0 fully saturated rings. The van der Waals surface area contributed by atoms with Crippen molar-refractivity contribution in [3.05, 3.63) is 89.0 Å². The molecule has 0 saturated heterocycles. The van der Waals surface area contributed by atoms with Gasteiger partial charge in [0.1, 0.15) is 5.75 Å². The number of nitrogens with one attached hydrogen (secondary N) is 1. The van der Waals surface area contributed by atoms with E-state index in [-0.39, 0.29) is 33.9 Å². The van der Waals surface area contributed by atoms with E-state index in [0.717, 1.165) is 4.90 Å². The molecule has 4 rings (SSSR count). The van der Waals surface area contributed by atoms with Crippen molar-refractivity contribution in [2.45, 2.75) is 6.92 Å². The zero-order valence-electron chi connectivity index (χ0n) is 17.2. The lowest BCUT2D eigenvalue weighted by Gasteiger charge is -2.14. The van der Waals surface area contributed by atoms with E-state index in [2.05, 4.69) is 5.32 Å². The summed E-state index contributed by atoms with van der Waals surface area (Å²) >= 11 is 0. The summed E-state index contributed by atoms with van der Waals surface area (Å²) in [5, 5.41) is 11.5. The van der Waals surface area contributed by atoms with Gasteiger partial charge in [-0.2, -0.15) is 0 Å². The molecule has 1 aliphatic rings.